The van der Waals surface area contributed by atoms with Crippen LogP contribution in [0.5, 0.6) is 0 Å². The van der Waals surface area contributed by atoms with Crippen LogP contribution >= 0.6 is 0 Å². The van der Waals surface area contributed by atoms with Crippen molar-refractivity contribution in [1.29, 1.82) is 0 Å². The molecule has 2 atom stereocenters. The van der Waals surface area contributed by atoms with E-state index in [1.807, 2.05) is 26.0 Å². The van der Waals surface area contributed by atoms with Gasteiger partial charge < -0.3 is 25.5 Å². The molecule has 3 rings (SSSR count). The van der Waals surface area contributed by atoms with E-state index in [2.05, 4.69) is 21.9 Å². The summed E-state index contributed by atoms with van der Waals surface area (Å²) in [6, 6.07) is 5.84. The van der Waals surface area contributed by atoms with Gasteiger partial charge in [-0.2, -0.15) is 0 Å². The van der Waals surface area contributed by atoms with Gasteiger partial charge in [0.05, 0.1) is 18.2 Å². The largest absolute Gasteiger partial charge is 0.475 e. The van der Waals surface area contributed by atoms with Crippen LogP contribution in [0, 0.1) is 5.92 Å². The van der Waals surface area contributed by atoms with Gasteiger partial charge in [-0.1, -0.05) is 31.1 Å². The molecule has 0 radical (unpaired) electrons. The lowest BCUT2D eigenvalue weighted by atomic mass is 9.75. The Hall–Kier alpha value is -2.39. The van der Waals surface area contributed by atoms with E-state index in [1.54, 1.807) is 0 Å². The fourth-order valence-electron chi connectivity index (χ4n) is 3.98. The third-order valence-electron chi connectivity index (χ3n) is 5.53. The predicted molar refractivity (Wildman–Crippen MR) is 114 cm³/mol. The molecule has 1 aliphatic heterocycles. The maximum absolute atomic E-state index is 12.7. The highest BCUT2D eigenvalue weighted by molar-refractivity contribution is 6.43. The Morgan fingerprint density at radius 1 is 1.27 bits per heavy atom. The summed E-state index contributed by atoms with van der Waals surface area (Å²) in [5.41, 5.74) is 3.64. The van der Waals surface area contributed by atoms with Gasteiger partial charge in [-0.15, -0.1) is 0 Å². The number of benzene rings is 1. The second-order valence-corrected chi connectivity index (χ2v) is 8.45. The minimum Gasteiger partial charge on any atom is -0.426 e. The molecular weight excluding hydrogens is 385 g/mol. The van der Waals surface area contributed by atoms with Crippen LogP contribution in [-0.4, -0.2) is 53.3 Å². The van der Waals surface area contributed by atoms with E-state index >= 15 is 0 Å². The van der Waals surface area contributed by atoms with Crippen LogP contribution in [0.3, 0.4) is 0 Å². The number of hydrogen-bond acceptors (Lipinski definition) is 6. The zero-order valence-corrected chi connectivity index (χ0v) is 17.6. The molecule has 30 heavy (non-hydrogen) atoms. The number of oxime groups is 1. The molecule has 9 heteroatoms. The number of rotatable bonds is 8. The topological polar surface area (TPSA) is 120 Å². The van der Waals surface area contributed by atoms with Gasteiger partial charge in [-0.3, -0.25) is 9.59 Å². The first kappa shape index (κ1) is 22.3. The second-order valence-electron chi connectivity index (χ2n) is 8.45. The first-order chi connectivity index (χ1) is 14.3. The molecule has 2 aliphatic rings. The van der Waals surface area contributed by atoms with Crippen molar-refractivity contribution in [3.05, 3.63) is 34.9 Å². The highest BCUT2D eigenvalue weighted by Gasteiger charge is 2.33. The molecule has 0 spiro atoms. The lowest BCUT2D eigenvalue weighted by Crippen LogP contribution is -2.50. The van der Waals surface area contributed by atoms with E-state index in [-0.39, 0.29) is 24.8 Å². The molecule has 4 N–H and O–H groups in total. The van der Waals surface area contributed by atoms with Gasteiger partial charge in [0.15, 0.2) is 0 Å². The molecule has 0 bridgehead atoms. The van der Waals surface area contributed by atoms with Crippen molar-refractivity contribution >= 4 is 24.6 Å². The fourth-order valence-corrected chi connectivity index (χ4v) is 3.98. The van der Waals surface area contributed by atoms with Gasteiger partial charge in [0.25, 0.3) is 11.8 Å². The van der Waals surface area contributed by atoms with Crippen LogP contribution in [0.1, 0.15) is 61.0 Å². The lowest BCUT2D eigenvalue weighted by Gasteiger charge is -2.21. The molecule has 8 nitrogen and oxygen atoms in total. The Labute approximate surface area is 177 Å². The molecule has 1 heterocycles. The minimum atomic E-state index is -1.64. The molecule has 0 saturated carbocycles. The monoisotopic (exact) mass is 415 g/mol. The molecule has 2 amide bonds. The summed E-state index contributed by atoms with van der Waals surface area (Å²) >= 11 is 0. The summed E-state index contributed by atoms with van der Waals surface area (Å²) in [6.07, 6.45) is 4.01. The van der Waals surface area contributed by atoms with Crippen molar-refractivity contribution in [2.24, 2.45) is 11.1 Å². The van der Waals surface area contributed by atoms with Gasteiger partial charge in [0, 0.05) is 12.0 Å². The van der Waals surface area contributed by atoms with Crippen LogP contribution in [0.15, 0.2) is 23.4 Å². The van der Waals surface area contributed by atoms with Crippen LogP contribution in [0.2, 0.25) is 0 Å². The van der Waals surface area contributed by atoms with Crippen molar-refractivity contribution in [2.75, 3.05) is 6.54 Å². The normalized spacial score (nSPS) is 18.8. The number of carbonyl (C=O) groups is 2. The zero-order valence-electron chi connectivity index (χ0n) is 17.6. The van der Waals surface area contributed by atoms with Crippen molar-refractivity contribution in [2.45, 2.75) is 64.4 Å². The SMILES string of the molecule is CC(C)CC(NC(=O)C1CC(CNC(=O)c2cccc3c2CCCC3)=NO1)B(O)O. The second kappa shape index (κ2) is 10.1. The Morgan fingerprint density at radius 3 is 2.77 bits per heavy atom. The number of fused-ring (bicyclic) bond motifs is 1. The maximum Gasteiger partial charge on any atom is 0.475 e. The Balaban J connectivity index is 1.50. The Bertz CT molecular complexity index is 812. The molecule has 1 aromatic carbocycles. The van der Waals surface area contributed by atoms with E-state index in [0.29, 0.717) is 17.7 Å². The summed E-state index contributed by atoms with van der Waals surface area (Å²) in [7, 11) is -1.64. The lowest BCUT2D eigenvalue weighted by molar-refractivity contribution is -0.131. The smallest absolute Gasteiger partial charge is 0.426 e. The average molecular weight is 415 g/mol. The standard InChI is InChI=1S/C21H30BN3O5/c1-13(2)10-19(22(28)29)24-21(27)18-11-15(25-30-18)12-23-20(26)17-9-5-7-14-6-3-4-8-16(14)17/h5,7,9,13,18-19,28-29H,3-4,6,8,10-12H2,1-2H3,(H,23,26)(H,24,27). The summed E-state index contributed by atoms with van der Waals surface area (Å²) in [4.78, 5) is 30.3. The van der Waals surface area contributed by atoms with Crippen LogP contribution in [0.25, 0.3) is 0 Å². The molecule has 1 aliphatic carbocycles. The predicted octanol–water partition coefficient (Wildman–Crippen LogP) is 0.983. The van der Waals surface area contributed by atoms with Gasteiger partial charge in [0.2, 0.25) is 6.10 Å². The summed E-state index contributed by atoms with van der Waals surface area (Å²) in [6.45, 7) is 4.06. The molecule has 0 saturated heterocycles. The van der Waals surface area contributed by atoms with Crippen molar-refractivity contribution in [1.82, 2.24) is 10.6 Å². The average Bonchev–Trinajstić information content (AvgIpc) is 3.20. The van der Waals surface area contributed by atoms with Crippen LogP contribution in [-0.2, 0) is 22.5 Å². The number of hydrogen-bond donors (Lipinski definition) is 4. The van der Waals surface area contributed by atoms with Crippen LogP contribution < -0.4 is 10.6 Å². The number of aryl methyl sites for hydroxylation is 1. The maximum atomic E-state index is 12.7. The summed E-state index contributed by atoms with van der Waals surface area (Å²) < 4.78 is 0. The van der Waals surface area contributed by atoms with Crippen LogP contribution in [0.4, 0.5) is 0 Å². The van der Waals surface area contributed by atoms with E-state index in [0.717, 1.165) is 31.2 Å². The Kier molecular flexibility index (Phi) is 7.50. The molecular formula is C21H30BN3O5. The van der Waals surface area contributed by atoms with Gasteiger partial charge in [-0.25, -0.2) is 0 Å². The van der Waals surface area contributed by atoms with Crippen molar-refractivity contribution in [3.63, 3.8) is 0 Å². The third-order valence-corrected chi connectivity index (χ3v) is 5.53. The summed E-state index contributed by atoms with van der Waals surface area (Å²) in [5, 5.41) is 28.3. The highest BCUT2D eigenvalue weighted by Crippen LogP contribution is 2.24. The molecule has 1 aromatic rings. The van der Waals surface area contributed by atoms with Gasteiger partial charge >= 0.3 is 7.12 Å². The van der Waals surface area contributed by atoms with E-state index in [9.17, 15) is 19.6 Å². The quantitative estimate of drug-likeness (QED) is 0.472. The number of nitrogens with one attached hydrogen (secondary N) is 2. The van der Waals surface area contributed by atoms with Gasteiger partial charge in [0.1, 0.15) is 0 Å². The fraction of sp³-hybridized carbons (Fsp3) is 0.571. The van der Waals surface area contributed by atoms with E-state index in [1.165, 1.54) is 5.56 Å². The van der Waals surface area contributed by atoms with E-state index in [4.69, 9.17) is 4.84 Å². The first-order valence-electron chi connectivity index (χ1n) is 10.6. The molecule has 162 valence electrons. The zero-order chi connectivity index (χ0) is 21.7. The first-order valence-corrected chi connectivity index (χ1v) is 10.6. The Morgan fingerprint density at radius 2 is 2.03 bits per heavy atom. The minimum absolute atomic E-state index is 0.148. The van der Waals surface area contributed by atoms with Crippen molar-refractivity contribution < 1.29 is 24.5 Å². The summed E-state index contributed by atoms with van der Waals surface area (Å²) in [5.74, 6) is -1.18. The third kappa shape index (κ3) is 5.61. The highest BCUT2D eigenvalue weighted by atomic mass is 16.6. The van der Waals surface area contributed by atoms with Gasteiger partial charge in [-0.05, 0) is 55.2 Å². The van der Waals surface area contributed by atoms with E-state index < -0.39 is 25.1 Å². The number of amides is 2. The molecule has 2 unspecified atom stereocenters. The number of nitrogens with zero attached hydrogens (tertiary/aromatic N) is 1. The van der Waals surface area contributed by atoms with Crippen molar-refractivity contribution in [3.8, 4) is 0 Å². The number of carbonyl (C=O) groups excluding carboxylic acids is 2. The molecule has 0 fully saturated rings. The molecule has 0 aromatic heterocycles.